The number of hydrogen-bond acceptors (Lipinski definition) is 3. The SMILES string of the molecule is NCCCCCCN1CC(O)CC1=O. The van der Waals surface area contributed by atoms with Gasteiger partial charge in [0.2, 0.25) is 5.91 Å². The molecule has 4 heteroatoms. The molecule has 1 unspecified atom stereocenters. The molecule has 1 aliphatic heterocycles. The minimum absolute atomic E-state index is 0.0938. The number of hydrogen-bond donors (Lipinski definition) is 2. The van der Waals surface area contributed by atoms with Gasteiger partial charge in [-0.3, -0.25) is 4.79 Å². The molecule has 1 rings (SSSR count). The first kappa shape index (κ1) is 11.5. The highest BCUT2D eigenvalue weighted by Crippen LogP contribution is 2.12. The monoisotopic (exact) mass is 200 g/mol. The number of carbonyl (C=O) groups is 1. The van der Waals surface area contributed by atoms with E-state index in [1.54, 1.807) is 4.90 Å². The first-order valence-corrected chi connectivity index (χ1v) is 5.40. The van der Waals surface area contributed by atoms with E-state index < -0.39 is 6.10 Å². The van der Waals surface area contributed by atoms with E-state index in [4.69, 9.17) is 5.73 Å². The minimum Gasteiger partial charge on any atom is -0.391 e. The number of aliphatic hydroxyl groups excluding tert-OH is 1. The Bertz CT molecular complexity index is 185. The zero-order valence-electron chi connectivity index (χ0n) is 8.61. The van der Waals surface area contributed by atoms with E-state index in [1.165, 1.54) is 0 Å². The summed E-state index contributed by atoms with van der Waals surface area (Å²) in [6, 6.07) is 0. The second kappa shape index (κ2) is 5.98. The van der Waals surface area contributed by atoms with Crippen molar-refractivity contribution in [3.05, 3.63) is 0 Å². The molecule has 1 fully saturated rings. The normalized spacial score (nSPS) is 22.0. The van der Waals surface area contributed by atoms with Crippen LogP contribution in [0.4, 0.5) is 0 Å². The molecule has 14 heavy (non-hydrogen) atoms. The average Bonchev–Trinajstić information content (AvgIpc) is 2.45. The standard InChI is InChI=1S/C10H20N2O2/c11-5-3-1-2-4-6-12-8-9(13)7-10(12)14/h9,13H,1-8,11H2. The van der Waals surface area contributed by atoms with Gasteiger partial charge in [-0.25, -0.2) is 0 Å². The predicted octanol–water partition coefficient (Wildman–Crippen LogP) is 0.0987. The van der Waals surface area contributed by atoms with Gasteiger partial charge in [-0.05, 0) is 19.4 Å². The molecule has 0 aromatic heterocycles. The van der Waals surface area contributed by atoms with Gasteiger partial charge >= 0.3 is 0 Å². The van der Waals surface area contributed by atoms with E-state index in [0.717, 1.165) is 38.8 Å². The summed E-state index contributed by atoms with van der Waals surface area (Å²) < 4.78 is 0. The van der Waals surface area contributed by atoms with Crippen LogP contribution in [0.15, 0.2) is 0 Å². The summed E-state index contributed by atoms with van der Waals surface area (Å²) in [4.78, 5) is 13.0. The smallest absolute Gasteiger partial charge is 0.225 e. The van der Waals surface area contributed by atoms with Crippen molar-refractivity contribution in [3.8, 4) is 0 Å². The van der Waals surface area contributed by atoms with Crippen molar-refractivity contribution in [3.63, 3.8) is 0 Å². The lowest BCUT2D eigenvalue weighted by Gasteiger charge is -2.14. The molecule has 82 valence electrons. The fourth-order valence-corrected chi connectivity index (χ4v) is 1.77. The van der Waals surface area contributed by atoms with Crippen LogP contribution in [0.2, 0.25) is 0 Å². The summed E-state index contributed by atoms with van der Waals surface area (Å²) in [5.74, 6) is 0.0938. The van der Waals surface area contributed by atoms with Crippen molar-refractivity contribution >= 4 is 5.91 Å². The molecule has 1 aliphatic rings. The highest BCUT2D eigenvalue weighted by Gasteiger charge is 2.26. The predicted molar refractivity (Wildman–Crippen MR) is 54.7 cm³/mol. The summed E-state index contributed by atoms with van der Waals surface area (Å²) in [6.45, 7) is 2.07. The molecule has 0 radical (unpaired) electrons. The fraction of sp³-hybridized carbons (Fsp3) is 0.900. The number of carbonyl (C=O) groups excluding carboxylic acids is 1. The van der Waals surface area contributed by atoms with E-state index in [1.807, 2.05) is 0 Å². The van der Waals surface area contributed by atoms with Crippen LogP contribution in [0.5, 0.6) is 0 Å². The van der Waals surface area contributed by atoms with Crippen LogP contribution in [-0.2, 0) is 4.79 Å². The molecule has 0 aliphatic carbocycles. The summed E-state index contributed by atoms with van der Waals surface area (Å²) >= 11 is 0. The highest BCUT2D eigenvalue weighted by molar-refractivity contribution is 5.78. The van der Waals surface area contributed by atoms with Gasteiger partial charge < -0.3 is 15.7 Å². The summed E-state index contributed by atoms with van der Waals surface area (Å²) in [5.41, 5.74) is 5.38. The Labute approximate surface area is 85.1 Å². The summed E-state index contributed by atoms with van der Waals surface area (Å²) in [5, 5.41) is 9.23. The Morgan fingerprint density at radius 3 is 2.64 bits per heavy atom. The Morgan fingerprint density at radius 2 is 2.07 bits per heavy atom. The molecular weight excluding hydrogens is 180 g/mol. The van der Waals surface area contributed by atoms with Crippen LogP contribution in [0, 0.1) is 0 Å². The van der Waals surface area contributed by atoms with Crippen LogP contribution >= 0.6 is 0 Å². The Kier molecular flexibility index (Phi) is 4.90. The second-order valence-corrected chi connectivity index (χ2v) is 3.90. The van der Waals surface area contributed by atoms with E-state index in [-0.39, 0.29) is 5.91 Å². The lowest BCUT2D eigenvalue weighted by Crippen LogP contribution is -2.26. The first-order valence-electron chi connectivity index (χ1n) is 5.40. The molecule has 0 spiro atoms. The van der Waals surface area contributed by atoms with Crippen molar-refractivity contribution < 1.29 is 9.90 Å². The van der Waals surface area contributed by atoms with Gasteiger partial charge in [0, 0.05) is 13.1 Å². The topological polar surface area (TPSA) is 66.6 Å². The van der Waals surface area contributed by atoms with Crippen LogP contribution in [0.1, 0.15) is 32.1 Å². The average molecular weight is 200 g/mol. The van der Waals surface area contributed by atoms with Gasteiger partial charge in [0.25, 0.3) is 0 Å². The lowest BCUT2D eigenvalue weighted by molar-refractivity contribution is -0.127. The fourth-order valence-electron chi connectivity index (χ4n) is 1.77. The van der Waals surface area contributed by atoms with Gasteiger partial charge in [-0.2, -0.15) is 0 Å². The maximum atomic E-state index is 11.3. The van der Waals surface area contributed by atoms with Crippen molar-refractivity contribution in [1.29, 1.82) is 0 Å². The van der Waals surface area contributed by atoms with Gasteiger partial charge in [-0.1, -0.05) is 12.8 Å². The minimum atomic E-state index is -0.438. The third-order valence-electron chi connectivity index (χ3n) is 2.58. The number of nitrogens with two attached hydrogens (primary N) is 1. The first-order chi connectivity index (χ1) is 6.74. The molecule has 1 heterocycles. The molecule has 4 nitrogen and oxygen atoms in total. The van der Waals surface area contributed by atoms with Gasteiger partial charge in [0.05, 0.1) is 12.5 Å². The Morgan fingerprint density at radius 1 is 1.36 bits per heavy atom. The summed E-state index contributed by atoms with van der Waals surface area (Å²) in [6.07, 6.45) is 4.22. The van der Waals surface area contributed by atoms with Crippen molar-refractivity contribution in [2.45, 2.75) is 38.2 Å². The van der Waals surface area contributed by atoms with E-state index in [2.05, 4.69) is 0 Å². The number of nitrogens with zero attached hydrogens (tertiary/aromatic N) is 1. The number of unbranched alkanes of at least 4 members (excludes halogenated alkanes) is 3. The maximum absolute atomic E-state index is 11.3. The number of likely N-dealkylation sites (tertiary alicyclic amines) is 1. The quantitative estimate of drug-likeness (QED) is 0.598. The van der Waals surface area contributed by atoms with Gasteiger partial charge in [0.15, 0.2) is 0 Å². The zero-order chi connectivity index (χ0) is 10.4. The molecule has 1 saturated heterocycles. The highest BCUT2D eigenvalue weighted by atomic mass is 16.3. The maximum Gasteiger partial charge on any atom is 0.225 e. The number of aliphatic hydroxyl groups is 1. The van der Waals surface area contributed by atoms with Crippen LogP contribution in [0.3, 0.4) is 0 Å². The Hall–Kier alpha value is -0.610. The largest absolute Gasteiger partial charge is 0.391 e. The van der Waals surface area contributed by atoms with Crippen molar-refractivity contribution in [1.82, 2.24) is 4.90 Å². The molecule has 0 bridgehead atoms. The lowest BCUT2D eigenvalue weighted by atomic mass is 10.2. The van der Waals surface area contributed by atoms with Crippen molar-refractivity contribution in [2.75, 3.05) is 19.6 Å². The Balaban J connectivity index is 2.04. The van der Waals surface area contributed by atoms with Crippen molar-refractivity contribution in [2.24, 2.45) is 5.73 Å². The second-order valence-electron chi connectivity index (χ2n) is 3.90. The number of β-amino-alcohol motifs (C(OH)–C–C–N with tert-alkyl or cyclic N) is 1. The molecule has 1 atom stereocenters. The van der Waals surface area contributed by atoms with E-state index in [0.29, 0.717) is 13.0 Å². The third kappa shape index (κ3) is 3.64. The molecular formula is C10H20N2O2. The van der Waals surface area contributed by atoms with Crippen LogP contribution in [-0.4, -0.2) is 41.7 Å². The third-order valence-corrected chi connectivity index (χ3v) is 2.58. The van der Waals surface area contributed by atoms with E-state index >= 15 is 0 Å². The summed E-state index contributed by atoms with van der Waals surface area (Å²) in [7, 11) is 0. The van der Waals surface area contributed by atoms with Crippen LogP contribution in [0.25, 0.3) is 0 Å². The molecule has 0 aromatic rings. The molecule has 0 saturated carbocycles. The molecule has 0 aromatic carbocycles. The zero-order valence-corrected chi connectivity index (χ0v) is 8.61. The van der Waals surface area contributed by atoms with E-state index in [9.17, 15) is 9.90 Å². The number of amides is 1. The van der Waals surface area contributed by atoms with Gasteiger partial charge in [0.1, 0.15) is 0 Å². The molecule has 1 amide bonds. The van der Waals surface area contributed by atoms with Gasteiger partial charge in [-0.15, -0.1) is 0 Å². The molecule has 3 N–H and O–H groups in total. The number of rotatable bonds is 6. The van der Waals surface area contributed by atoms with Crippen LogP contribution < -0.4 is 5.73 Å².